The van der Waals surface area contributed by atoms with Gasteiger partial charge < -0.3 is 9.64 Å². The number of ether oxygens (including phenoxy) is 1. The molecule has 1 aliphatic rings. The van der Waals surface area contributed by atoms with E-state index in [4.69, 9.17) is 4.74 Å². The number of hydrogen-bond acceptors (Lipinski definition) is 4. The molecular weight excluding hydrogens is 306 g/mol. The van der Waals surface area contributed by atoms with Crippen LogP contribution in [-0.2, 0) is 7.05 Å². The molecule has 2 aromatic rings. The van der Waals surface area contributed by atoms with Crippen LogP contribution in [0.15, 0.2) is 30.5 Å². The number of benzene rings is 1. The molecule has 1 aromatic heterocycles. The van der Waals surface area contributed by atoms with Gasteiger partial charge in [-0.3, -0.25) is 10.00 Å². The minimum absolute atomic E-state index is 0.129. The SMILES string of the molecule is Cc1ccc(OC[C@@H]2CCCN(C(=O)Nc3cn(C)nn3)C2)cc1. The fourth-order valence-electron chi connectivity index (χ4n) is 2.83. The number of piperidine rings is 1. The molecule has 1 atom stereocenters. The van der Waals surface area contributed by atoms with Gasteiger partial charge in [-0.25, -0.2) is 4.79 Å². The van der Waals surface area contributed by atoms with Crippen molar-refractivity contribution in [2.75, 3.05) is 25.0 Å². The zero-order valence-electron chi connectivity index (χ0n) is 14.1. The van der Waals surface area contributed by atoms with Crippen molar-refractivity contribution in [2.24, 2.45) is 13.0 Å². The number of hydrogen-bond donors (Lipinski definition) is 1. The highest BCUT2D eigenvalue weighted by molar-refractivity contribution is 5.88. The number of nitrogens with one attached hydrogen (secondary N) is 1. The maximum absolute atomic E-state index is 12.3. The molecule has 1 saturated heterocycles. The van der Waals surface area contributed by atoms with E-state index in [0.29, 0.717) is 24.9 Å². The third-order valence-corrected chi connectivity index (χ3v) is 4.15. The van der Waals surface area contributed by atoms with E-state index in [1.54, 1.807) is 17.9 Å². The summed E-state index contributed by atoms with van der Waals surface area (Å²) in [5.74, 6) is 1.69. The molecule has 1 N–H and O–H groups in total. The van der Waals surface area contributed by atoms with Crippen molar-refractivity contribution >= 4 is 11.8 Å². The highest BCUT2D eigenvalue weighted by Crippen LogP contribution is 2.20. The molecule has 128 valence electrons. The van der Waals surface area contributed by atoms with Crippen molar-refractivity contribution in [1.29, 1.82) is 0 Å². The second kappa shape index (κ2) is 7.33. The van der Waals surface area contributed by atoms with Crippen LogP contribution in [0, 0.1) is 12.8 Å². The smallest absolute Gasteiger partial charge is 0.323 e. The summed E-state index contributed by atoms with van der Waals surface area (Å²) in [6.07, 6.45) is 3.73. The summed E-state index contributed by atoms with van der Waals surface area (Å²) < 4.78 is 7.43. The molecule has 0 spiro atoms. The Balaban J connectivity index is 1.50. The fourth-order valence-corrected chi connectivity index (χ4v) is 2.83. The molecule has 2 heterocycles. The second-order valence-electron chi connectivity index (χ2n) is 6.29. The molecule has 7 nitrogen and oxygen atoms in total. The molecule has 0 radical (unpaired) electrons. The Hall–Kier alpha value is -2.57. The lowest BCUT2D eigenvalue weighted by molar-refractivity contribution is 0.145. The number of anilines is 1. The Morgan fingerprint density at radius 1 is 1.38 bits per heavy atom. The topological polar surface area (TPSA) is 72.3 Å². The lowest BCUT2D eigenvalue weighted by atomic mass is 9.99. The van der Waals surface area contributed by atoms with Crippen LogP contribution in [0.1, 0.15) is 18.4 Å². The standard InChI is InChI=1S/C17H23N5O2/c1-13-5-7-15(8-6-13)24-12-14-4-3-9-22(10-14)17(23)18-16-11-21(2)20-19-16/h5-8,11,14H,3-4,9-10,12H2,1-2H3,(H,18,23)/t14-/m1/s1. The van der Waals surface area contributed by atoms with Gasteiger partial charge in [-0.05, 0) is 31.9 Å². The van der Waals surface area contributed by atoms with E-state index in [9.17, 15) is 4.79 Å². The molecule has 1 aliphatic heterocycles. The number of carbonyl (C=O) groups excluding carboxylic acids is 1. The molecule has 1 aromatic carbocycles. The highest BCUT2D eigenvalue weighted by atomic mass is 16.5. The van der Waals surface area contributed by atoms with Crippen LogP contribution in [0.2, 0.25) is 0 Å². The highest BCUT2D eigenvalue weighted by Gasteiger charge is 2.24. The summed E-state index contributed by atoms with van der Waals surface area (Å²) >= 11 is 0. The summed E-state index contributed by atoms with van der Waals surface area (Å²) in [6.45, 7) is 4.13. The van der Waals surface area contributed by atoms with E-state index in [-0.39, 0.29) is 6.03 Å². The van der Waals surface area contributed by atoms with E-state index >= 15 is 0 Å². The Labute approximate surface area is 141 Å². The van der Waals surface area contributed by atoms with Crippen LogP contribution in [0.25, 0.3) is 0 Å². The first-order valence-corrected chi connectivity index (χ1v) is 8.22. The van der Waals surface area contributed by atoms with Crippen LogP contribution >= 0.6 is 0 Å². The maximum Gasteiger partial charge on any atom is 0.323 e. The summed E-state index contributed by atoms with van der Waals surface area (Å²) in [5, 5.41) is 10.5. The summed E-state index contributed by atoms with van der Waals surface area (Å²) in [7, 11) is 1.77. The largest absolute Gasteiger partial charge is 0.493 e. The van der Waals surface area contributed by atoms with Gasteiger partial charge in [0, 0.05) is 26.1 Å². The third-order valence-electron chi connectivity index (χ3n) is 4.15. The van der Waals surface area contributed by atoms with E-state index < -0.39 is 0 Å². The number of urea groups is 1. The molecule has 2 amide bonds. The molecule has 24 heavy (non-hydrogen) atoms. The Bertz CT molecular complexity index is 683. The van der Waals surface area contributed by atoms with Crippen LogP contribution in [0.4, 0.5) is 10.6 Å². The van der Waals surface area contributed by atoms with E-state index in [2.05, 4.69) is 22.6 Å². The average Bonchev–Trinajstić information content (AvgIpc) is 2.99. The number of carbonyl (C=O) groups is 1. The Morgan fingerprint density at radius 3 is 2.88 bits per heavy atom. The molecule has 0 aliphatic carbocycles. The van der Waals surface area contributed by atoms with Gasteiger partial charge in [-0.15, -0.1) is 5.10 Å². The number of aryl methyl sites for hydroxylation is 2. The zero-order chi connectivity index (χ0) is 16.9. The van der Waals surface area contributed by atoms with Crippen molar-refractivity contribution in [3.8, 4) is 5.75 Å². The molecule has 7 heteroatoms. The first kappa shape index (κ1) is 16.3. The fraction of sp³-hybridized carbons (Fsp3) is 0.471. The predicted molar refractivity (Wildman–Crippen MR) is 91.0 cm³/mol. The molecular formula is C17H23N5O2. The van der Waals surface area contributed by atoms with Crippen molar-refractivity contribution in [2.45, 2.75) is 19.8 Å². The van der Waals surface area contributed by atoms with Crippen molar-refractivity contribution in [3.63, 3.8) is 0 Å². The van der Waals surface area contributed by atoms with Gasteiger partial charge in [0.25, 0.3) is 0 Å². The van der Waals surface area contributed by atoms with Gasteiger partial charge in [0.05, 0.1) is 12.8 Å². The molecule has 3 rings (SSSR count). The lowest BCUT2D eigenvalue weighted by Crippen LogP contribution is -2.43. The van der Waals surface area contributed by atoms with Gasteiger partial charge in [0.2, 0.25) is 0 Å². The van der Waals surface area contributed by atoms with Crippen molar-refractivity contribution in [1.82, 2.24) is 19.9 Å². The van der Waals surface area contributed by atoms with E-state index in [0.717, 1.165) is 25.1 Å². The van der Waals surface area contributed by atoms with Gasteiger partial charge in [0.15, 0.2) is 5.82 Å². The second-order valence-corrected chi connectivity index (χ2v) is 6.29. The number of rotatable bonds is 4. The molecule has 1 fully saturated rings. The summed E-state index contributed by atoms with van der Waals surface area (Å²) in [5.41, 5.74) is 1.21. The monoisotopic (exact) mass is 329 g/mol. The molecule has 0 saturated carbocycles. The van der Waals surface area contributed by atoms with Gasteiger partial charge >= 0.3 is 6.03 Å². The maximum atomic E-state index is 12.3. The van der Waals surface area contributed by atoms with E-state index in [1.807, 2.05) is 29.2 Å². The van der Waals surface area contributed by atoms with Gasteiger partial charge in [-0.2, -0.15) is 0 Å². The first-order valence-electron chi connectivity index (χ1n) is 8.22. The number of amides is 2. The summed E-state index contributed by atoms with van der Waals surface area (Å²) in [4.78, 5) is 14.2. The van der Waals surface area contributed by atoms with Gasteiger partial charge in [0.1, 0.15) is 5.75 Å². The molecule has 0 unspecified atom stereocenters. The van der Waals surface area contributed by atoms with Crippen LogP contribution in [0.3, 0.4) is 0 Å². The Morgan fingerprint density at radius 2 is 2.17 bits per heavy atom. The predicted octanol–water partition coefficient (Wildman–Crippen LogP) is 2.45. The minimum Gasteiger partial charge on any atom is -0.493 e. The lowest BCUT2D eigenvalue weighted by Gasteiger charge is -2.32. The van der Waals surface area contributed by atoms with Crippen LogP contribution in [0.5, 0.6) is 5.75 Å². The normalized spacial score (nSPS) is 17.6. The number of likely N-dealkylation sites (tertiary alicyclic amines) is 1. The van der Waals surface area contributed by atoms with Crippen LogP contribution < -0.4 is 10.1 Å². The first-order chi connectivity index (χ1) is 11.6. The van der Waals surface area contributed by atoms with Crippen LogP contribution in [-0.4, -0.2) is 45.6 Å². The third kappa shape index (κ3) is 4.24. The van der Waals surface area contributed by atoms with E-state index in [1.165, 1.54) is 5.56 Å². The van der Waals surface area contributed by atoms with Crippen molar-refractivity contribution in [3.05, 3.63) is 36.0 Å². The number of aromatic nitrogens is 3. The quantitative estimate of drug-likeness (QED) is 0.935. The minimum atomic E-state index is -0.129. The molecule has 0 bridgehead atoms. The Kier molecular flexibility index (Phi) is 4.98. The average molecular weight is 329 g/mol. The zero-order valence-corrected chi connectivity index (χ0v) is 14.1. The van der Waals surface area contributed by atoms with Crippen molar-refractivity contribution < 1.29 is 9.53 Å². The van der Waals surface area contributed by atoms with Gasteiger partial charge in [-0.1, -0.05) is 22.9 Å². The summed E-state index contributed by atoms with van der Waals surface area (Å²) in [6, 6.07) is 7.91. The number of nitrogens with zero attached hydrogens (tertiary/aromatic N) is 4.